The maximum atomic E-state index is 13.8. The summed E-state index contributed by atoms with van der Waals surface area (Å²) in [6.45, 7) is 16.1. The summed E-state index contributed by atoms with van der Waals surface area (Å²) in [5.74, 6) is 0.718. The molecule has 1 N–H and O–H groups in total. The first kappa shape index (κ1) is 26.5. The van der Waals surface area contributed by atoms with Gasteiger partial charge in [0.2, 0.25) is 0 Å². The molecule has 2 fully saturated rings. The van der Waals surface area contributed by atoms with E-state index < -0.39 is 6.10 Å². The predicted molar refractivity (Wildman–Crippen MR) is 128 cm³/mol. The smallest absolute Gasteiger partial charge is 0.368 e. The van der Waals surface area contributed by atoms with Crippen molar-refractivity contribution >= 4 is 5.78 Å². The second-order valence-corrected chi connectivity index (χ2v) is 10.6. The van der Waals surface area contributed by atoms with E-state index in [0.29, 0.717) is 18.3 Å². The zero-order valence-electron chi connectivity index (χ0n) is 20.6. The Morgan fingerprint density at radius 3 is 2.82 bits per heavy atom. The van der Waals surface area contributed by atoms with Crippen LogP contribution in [-0.2, 0) is 29.3 Å². The molecule has 0 spiro atoms. The third-order valence-electron chi connectivity index (χ3n) is 7.80. The molecule has 3 aliphatic rings. The largest absolute Gasteiger partial charge is 2.00 e. The van der Waals surface area contributed by atoms with Gasteiger partial charge in [0.15, 0.2) is 5.78 Å². The van der Waals surface area contributed by atoms with Crippen LogP contribution in [0.2, 0.25) is 0 Å². The molecule has 0 bridgehead atoms. The van der Waals surface area contributed by atoms with Crippen LogP contribution in [0, 0.1) is 31.1 Å². The Bertz CT molecular complexity index is 854. The second-order valence-electron chi connectivity index (χ2n) is 10.6. The molecule has 5 atom stereocenters. The number of rotatable bonds is 6. The van der Waals surface area contributed by atoms with Gasteiger partial charge in [0.25, 0.3) is 0 Å². The zero-order chi connectivity index (χ0) is 22.9. The topological polar surface area (TPSA) is 54.5 Å². The molecule has 2 heterocycles. The van der Waals surface area contributed by atoms with Crippen LogP contribution in [0.3, 0.4) is 0 Å². The fourth-order valence-electron chi connectivity index (χ4n) is 5.29. The number of aromatic nitrogens is 1. The van der Waals surface area contributed by atoms with Crippen molar-refractivity contribution in [1.82, 2.24) is 15.2 Å². The number of pyridine rings is 1. The fourth-order valence-corrected chi connectivity index (χ4v) is 5.29. The number of ether oxygens (including phenoxy) is 1. The minimum absolute atomic E-state index is 0. The SMILES string of the molecule is [CH2-]c1cnc(C)cc1C1CN(C2/C=C/CC(C)C(CC)C(=O)C2OCC2(C)CC2)CCN1.[Os+2]. The standard InChI is InChI=1S/C27H40N3O2.Os/c1-6-21-18(2)8-7-9-24(26(25(21)31)32-17-27(5)10-11-27)30-13-12-28-23(16-30)22-14-20(4)29-15-19(22)3;/h7,9,14-15,18,21,23-24,26,28H,3,6,8,10-13,16-17H2,1-2,4-5H3;/q-1;+2/b9-7+;. The molecular formula is C27H40N3O2Os+. The molecule has 0 aromatic carbocycles. The van der Waals surface area contributed by atoms with Crippen LogP contribution in [0.4, 0.5) is 0 Å². The third kappa shape index (κ3) is 6.15. The summed E-state index contributed by atoms with van der Waals surface area (Å²) < 4.78 is 6.50. The Hall–Kier alpha value is -1.05. The van der Waals surface area contributed by atoms with Gasteiger partial charge in [0.05, 0.1) is 12.6 Å². The summed E-state index contributed by atoms with van der Waals surface area (Å²) in [5.41, 5.74) is 3.43. The van der Waals surface area contributed by atoms with E-state index in [1.807, 2.05) is 13.1 Å². The Morgan fingerprint density at radius 1 is 1.36 bits per heavy atom. The molecule has 2 aliphatic carbocycles. The summed E-state index contributed by atoms with van der Waals surface area (Å²) in [4.78, 5) is 20.6. The van der Waals surface area contributed by atoms with E-state index >= 15 is 0 Å². The average Bonchev–Trinajstić information content (AvgIpc) is 3.51. The van der Waals surface area contributed by atoms with Crippen molar-refractivity contribution in [3.63, 3.8) is 0 Å². The van der Waals surface area contributed by atoms with Crippen LogP contribution in [0.5, 0.6) is 0 Å². The molecule has 1 saturated heterocycles. The van der Waals surface area contributed by atoms with Crippen LogP contribution in [0.1, 0.15) is 69.3 Å². The molecule has 1 aromatic heterocycles. The van der Waals surface area contributed by atoms with Crippen LogP contribution in [0.15, 0.2) is 24.4 Å². The first-order valence-electron chi connectivity index (χ1n) is 12.4. The van der Waals surface area contributed by atoms with Crippen molar-refractivity contribution in [2.24, 2.45) is 17.3 Å². The zero-order valence-corrected chi connectivity index (χ0v) is 23.2. The van der Waals surface area contributed by atoms with Crippen molar-refractivity contribution in [3.05, 3.63) is 48.2 Å². The van der Waals surface area contributed by atoms with Gasteiger partial charge in [-0.05, 0) is 43.9 Å². The van der Waals surface area contributed by atoms with Gasteiger partial charge in [-0.3, -0.25) is 9.69 Å². The van der Waals surface area contributed by atoms with Gasteiger partial charge >= 0.3 is 19.8 Å². The Kier molecular flexibility index (Phi) is 8.95. The van der Waals surface area contributed by atoms with Crippen LogP contribution < -0.4 is 5.32 Å². The molecule has 0 radical (unpaired) electrons. The summed E-state index contributed by atoms with van der Waals surface area (Å²) in [6, 6.07) is 2.29. The molecule has 5 nitrogen and oxygen atoms in total. The molecule has 5 unspecified atom stereocenters. The maximum absolute atomic E-state index is 13.8. The monoisotopic (exact) mass is 630 g/mol. The fraction of sp³-hybridized carbons (Fsp3) is 0.667. The van der Waals surface area contributed by atoms with Gasteiger partial charge in [-0.1, -0.05) is 45.2 Å². The van der Waals surface area contributed by atoms with Crippen LogP contribution >= 0.6 is 0 Å². The van der Waals surface area contributed by atoms with Gasteiger partial charge in [0, 0.05) is 37.3 Å². The molecule has 0 amide bonds. The number of nitrogens with zero attached hydrogens (tertiary/aromatic N) is 2. The Balaban J connectivity index is 0.00000306. The molecule has 1 saturated carbocycles. The molecule has 182 valence electrons. The average molecular weight is 629 g/mol. The molecule has 6 heteroatoms. The number of Topliss-reactive ketones (excluding diaryl/α,β-unsaturated/α-hetero) is 1. The van der Waals surface area contributed by atoms with E-state index in [4.69, 9.17) is 4.74 Å². The summed E-state index contributed by atoms with van der Waals surface area (Å²) >= 11 is 0. The van der Waals surface area contributed by atoms with Gasteiger partial charge < -0.3 is 15.0 Å². The van der Waals surface area contributed by atoms with Crippen molar-refractivity contribution in [3.8, 4) is 0 Å². The number of carbonyl (C=O) groups excluding carboxylic acids is 1. The van der Waals surface area contributed by atoms with Crippen molar-refractivity contribution < 1.29 is 29.3 Å². The van der Waals surface area contributed by atoms with E-state index in [-0.39, 0.29) is 43.2 Å². The van der Waals surface area contributed by atoms with E-state index in [1.54, 1.807) is 0 Å². The van der Waals surface area contributed by atoms with Crippen LogP contribution in [0.25, 0.3) is 0 Å². The van der Waals surface area contributed by atoms with E-state index in [9.17, 15) is 4.79 Å². The number of piperazine rings is 1. The Labute approximate surface area is 213 Å². The summed E-state index contributed by atoms with van der Waals surface area (Å²) in [5, 5.41) is 3.66. The Morgan fingerprint density at radius 2 is 2.12 bits per heavy atom. The summed E-state index contributed by atoms with van der Waals surface area (Å²) in [6.07, 6.45) is 10.2. The maximum Gasteiger partial charge on any atom is 2.00 e. The van der Waals surface area contributed by atoms with Crippen molar-refractivity contribution in [2.75, 3.05) is 26.2 Å². The first-order valence-corrected chi connectivity index (χ1v) is 12.4. The molecular weight excluding hydrogens is 589 g/mol. The molecule has 33 heavy (non-hydrogen) atoms. The molecule has 1 aliphatic heterocycles. The minimum Gasteiger partial charge on any atom is -0.368 e. The van der Waals surface area contributed by atoms with Gasteiger partial charge in [0.1, 0.15) is 6.10 Å². The van der Waals surface area contributed by atoms with Gasteiger partial charge in [-0.2, -0.15) is 12.5 Å². The number of hydrogen-bond donors (Lipinski definition) is 1. The predicted octanol–water partition coefficient (Wildman–Crippen LogP) is 4.26. The number of hydrogen-bond acceptors (Lipinski definition) is 5. The quantitative estimate of drug-likeness (QED) is 0.377. The summed E-state index contributed by atoms with van der Waals surface area (Å²) in [7, 11) is 0. The van der Waals surface area contributed by atoms with E-state index in [2.05, 4.69) is 61.1 Å². The van der Waals surface area contributed by atoms with Crippen molar-refractivity contribution in [2.45, 2.75) is 71.6 Å². The van der Waals surface area contributed by atoms with Crippen molar-refractivity contribution in [1.29, 1.82) is 0 Å². The first-order chi connectivity index (χ1) is 15.3. The molecule has 1 aromatic rings. The van der Waals surface area contributed by atoms with E-state index in [1.165, 1.54) is 18.4 Å². The number of aryl methyl sites for hydroxylation is 1. The third-order valence-corrected chi connectivity index (χ3v) is 7.80. The van der Waals surface area contributed by atoms with Crippen LogP contribution in [-0.4, -0.2) is 54.1 Å². The number of allylic oxidation sites excluding steroid dienone is 1. The molecule has 4 rings (SSSR count). The number of carbonyl (C=O) groups is 1. The normalized spacial score (nSPS) is 33.0. The van der Waals surface area contributed by atoms with Gasteiger partial charge in [-0.25, -0.2) is 0 Å². The number of ketones is 1. The van der Waals surface area contributed by atoms with Gasteiger partial charge in [-0.15, -0.1) is 5.56 Å². The van der Waals surface area contributed by atoms with E-state index in [0.717, 1.165) is 43.7 Å². The minimum atomic E-state index is -0.395. The number of nitrogens with one attached hydrogen (secondary N) is 1. The second kappa shape index (κ2) is 11.1.